The lowest BCUT2D eigenvalue weighted by Crippen LogP contribution is -2.27. The van der Waals surface area contributed by atoms with Gasteiger partial charge in [-0.1, -0.05) is 42.5 Å². The van der Waals surface area contributed by atoms with Gasteiger partial charge in [-0.3, -0.25) is 0 Å². The van der Waals surface area contributed by atoms with E-state index in [9.17, 15) is 0 Å². The van der Waals surface area contributed by atoms with Crippen molar-refractivity contribution in [2.45, 2.75) is 25.8 Å². The van der Waals surface area contributed by atoms with Gasteiger partial charge in [-0.05, 0) is 36.6 Å². The second-order valence-electron chi connectivity index (χ2n) is 5.24. The highest BCUT2D eigenvalue weighted by Gasteiger charge is 2.34. The van der Waals surface area contributed by atoms with Crippen molar-refractivity contribution in [1.29, 1.82) is 0 Å². The van der Waals surface area contributed by atoms with E-state index in [1.165, 1.54) is 22.4 Å². The zero-order chi connectivity index (χ0) is 12.7. The summed E-state index contributed by atoms with van der Waals surface area (Å²) in [7, 11) is 2.20. The second-order valence-corrected chi connectivity index (χ2v) is 5.24. The lowest BCUT2D eigenvalue weighted by atomic mass is 9.86. The van der Waals surface area contributed by atoms with E-state index in [-0.39, 0.29) is 0 Å². The summed E-state index contributed by atoms with van der Waals surface area (Å²) in [4.78, 5) is 2.40. The fourth-order valence-corrected chi connectivity index (χ4v) is 3.14. The average molecular weight is 237 g/mol. The molecule has 1 aliphatic heterocycles. The number of rotatable bonds is 1. The monoisotopic (exact) mass is 237 g/mol. The van der Waals surface area contributed by atoms with Crippen LogP contribution in [0.5, 0.6) is 0 Å². The topological polar surface area (TPSA) is 3.24 Å². The molecule has 1 unspecified atom stereocenters. The van der Waals surface area contributed by atoms with E-state index < -0.39 is 0 Å². The molecular weight excluding hydrogens is 218 g/mol. The number of nitrogens with zero attached hydrogens (tertiary/aromatic N) is 1. The molecule has 2 aromatic carbocycles. The summed E-state index contributed by atoms with van der Waals surface area (Å²) >= 11 is 0. The Morgan fingerprint density at radius 2 is 1.50 bits per heavy atom. The van der Waals surface area contributed by atoms with E-state index in [1.54, 1.807) is 0 Å². The highest BCUT2D eigenvalue weighted by molar-refractivity contribution is 5.64. The molecular formula is C17H19N. The fourth-order valence-electron chi connectivity index (χ4n) is 3.14. The maximum Gasteiger partial charge on any atom is 0.0405 e. The van der Waals surface area contributed by atoms with Crippen molar-refractivity contribution < 1.29 is 0 Å². The van der Waals surface area contributed by atoms with Crippen LogP contribution in [0.25, 0.3) is 0 Å². The summed E-state index contributed by atoms with van der Waals surface area (Å²) in [5.41, 5.74) is 5.68. The first-order chi connectivity index (χ1) is 8.70. The first kappa shape index (κ1) is 11.3. The average Bonchev–Trinajstić information content (AvgIpc) is 2.64. The molecule has 92 valence electrons. The minimum atomic E-state index is 0.493. The van der Waals surface area contributed by atoms with Gasteiger partial charge in [0.2, 0.25) is 0 Å². The van der Waals surface area contributed by atoms with E-state index in [1.807, 2.05) is 0 Å². The molecule has 0 saturated heterocycles. The van der Waals surface area contributed by atoms with Gasteiger partial charge in [0.15, 0.2) is 0 Å². The predicted molar refractivity (Wildman–Crippen MR) is 77.3 cm³/mol. The van der Waals surface area contributed by atoms with Crippen molar-refractivity contribution in [2.75, 3.05) is 11.9 Å². The third-order valence-corrected chi connectivity index (χ3v) is 4.27. The summed E-state index contributed by atoms with van der Waals surface area (Å²) in [6, 6.07) is 18.0. The highest BCUT2D eigenvalue weighted by Crippen LogP contribution is 2.44. The van der Waals surface area contributed by atoms with Crippen LogP contribution in [0.3, 0.4) is 0 Å². The molecule has 0 aliphatic carbocycles. The first-order valence-corrected chi connectivity index (χ1v) is 6.57. The number of aryl methyl sites for hydroxylation is 1. The summed E-state index contributed by atoms with van der Waals surface area (Å²) in [5.74, 6) is 0.493. The molecule has 1 aliphatic rings. The molecule has 0 fully saturated rings. The van der Waals surface area contributed by atoms with Gasteiger partial charge in [-0.2, -0.15) is 0 Å². The number of para-hydroxylation sites is 1. The van der Waals surface area contributed by atoms with Crippen molar-refractivity contribution >= 4 is 5.69 Å². The quantitative estimate of drug-likeness (QED) is 0.725. The van der Waals surface area contributed by atoms with Crippen molar-refractivity contribution in [3.63, 3.8) is 0 Å². The largest absolute Gasteiger partial charge is 0.371 e. The fraction of sp³-hybridized carbons (Fsp3) is 0.294. The van der Waals surface area contributed by atoms with E-state index in [0.717, 1.165) is 0 Å². The molecule has 0 radical (unpaired) electrons. The van der Waals surface area contributed by atoms with Gasteiger partial charge >= 0.3 is 0 Å². The van der Waals surface area contributed by atoms with Crippen LogP contribution in [-0.2, 0) is 0 Å². The third kappa shape index (κ3) is 1.54. The molecule has 0 N–H and O–H groups in total. The lowest BCUT2D eigenvalue weighted by molar-refractivity contribution is 0.651. The first-order valence-electron chi connectivity index (χ1n) is 6.57. The maximum atomic E-state index is 2.40. The van der Waals surface area contributed by atoms with Crippen molar-refractivity contribution in [2.24, 2.45) is 0 Å². The Hall–Kier alpha value is -1.76. The molecule has 18 heavy (non-hydrogen) atoms. The molecule has 0 bridgehead atoms. The maximum absolute atomic E-state index is 2.40. The van der Waals surface area contributed by atoms with Gasteiger partial charge in [0.25, 0.3) is 0 Å². The normalized spacial score (nSPS) is 22.1. The SMILES string of the molecule is Cc1ccccc1C1c2ccccc2N(C)[C@@H]1C. The molecule has 0 spiro atoms. The van der Waals surface area contributed by atoms with Gasteiger partial charge in [0.05, 0.1) is 0 Å². The Bertz CT molecular complexity index is 573. The summed E-state index contributed by atoms with van der Waals surface area (Å²) < 4.78 is 0. The van der Waals surface area contributed by atoms with Gasteiger partial charge < -0.3 is 4.90 Å². The van der Waals surface area contributed by atoms with Gasteiger partial charge in [-0.25, -0.2) is 0 Å². The highest BCUT2D eigenvalue weighted by atomic mass is 15.2. The smallest absolute Gasteiger partial charge is 0.0405 e. The number of hydrogen-bond acceptors (Lipinski definition) is 1. The van der Waals surface area contributed by atoms with Gasteiger partial charge in [0, 0.05) is 24.7 Å². The molecule has 1 heterocycles. The number of fused-ring (bicyclic) bond motifs is 1. The predicted octanol–water partition coefficient (Wildman–Crippen LogP) is 3.97. The van der Waals surface area contributed by atoms with Crippen LogP contribution in [-0.4, -0.2) is 13.1 Å². The molecule has 0 amide bonds. The number of benzene rings is 2. The molecule has 2 aromatic rings. The zero-order valence-corrected chi connectivity index (χ0v) is 11.2. The van der Waals surface area contributed by atoms with Crippen LogP contribution >= 0.6 is 0 Å². The number of likely N-dealkylation sites (N-methyl/N-ethyl adjacent to an activating group) is 1. The minimum Gasteiger partial charge on any atom is -0.371 e. The Balaban J connectivity index is 2.16. The van der Waals surface area contributed by atoms with E-state index in [0.29, 0.717) is 12.0 Å². The molecule has 1 heteroatoms. The van der Waals surface area contributed by atoms with E-state index in [2.05, 4.69) is 74.3 Å². The molecule has 2 atom stereocenters. The number of hydrogen-bond donors (Lipinski definition) is 0. The Morgan fingerprint density at radius 1 is 0.889 bits per heavy atom. The van der Waals surface area contributed by atoms with Crippen LogP contribution in [0.2, 0.25) is 0 Å². The lowest BCUT2D eigenvalue weighted by Gasteiger charge is -2.24. The summed E-state index contributed by atoms with van der Waals surface area (Å²) in [6.45, 7) is 4.53. The van der Waals surface area contributed by atoms with Crippen LogP contribution in [0.1, 0.15) is 29.5 Å². The molecule has 0 saturated carbocycles. The zero-order valence-electron chi connectivity index (χ0n) is 11.2. The second kappa shape index (κ2) is 4.16. The molecule has 1 nitrogen and oxygen atoms in total. The summed E-state index contributed by atoms with van der Waals surface area (Å²) in [5, 5.41) is 0. The van der Waals surface area contributed by atoms with Crippen LogP contribution < -0.4 is 4.90 Å². The van der Waals surface area contributed by atoms with Crippen molar-refractivity contribution in [3.05, 3.63) is 65.2 Å². The minimum absolute atomic E-state index is 0.493. The van der Waals surface area contributed by atoms with Crippen LogP contribution in [0.4, 0.5) is 5.69 Å². The number of anilines is 1. The van der Waals surface area contributed by atoms with Gasteiger partial charge in [-0.15, -0.1) is 0 Å². The third-order valence-electron chi connectivity index (χ3n) is 4.27. The Morgan fingerprint density at radius 3 is 2.22 bits per heavy atom. The van der Waals surface area contributed by atoms with Crippen LogP contribution in [0.15, 0.2) is 48.5 Å². The standard InChI is InChI=1S/C17H19N/c1-12-8-4-5-9-14(12)17-13(2)18(3)16-11-7-6-10-15(16)17/h4-11,13,17H,1-3H3/t13-,17?/m1/s1. The van der Waals surface area contributed by atoms with E-state index in [4.69, 9.17) is 0 Å². The molecule has 0 aromatic heterocycles. The van der Waals surface area contributed by atoms with Crippen molar-refractivity contribution in [1.82, 2.24) is 0 Å². The van der Waals surface area contributed by atoms with Crippen molar-refractivity contribution in [3.8, 4) is 0 Å². The van der Waals surface area contributed by atoms with E-state index >= 15 is 0 Å². The van der Waals surface area contributed by atoms with Gasteiger partial charge in [0.1, 0.15) is 0 Å². The van der Waals surface area contributed by atoms with Crippen LogP contribution in [0, 0.1) is 6.92 Å². The Kier molecular flexibility index (Phi) is 2.62. The summed E-state index contributed by atoms with van der Waals surface area (Å²) in [6.07, 6.45) is 0. The Labute approximate surface area is 109 Å². The molecule has 3 rings (SSSR count).